The second-order valence-electron chi connectivity index (χ2n) is 8.44. The lowest BCUT2D eigenvalue weighted by molar-refractivity contribution is -0.122. The predicted octanol–water partition coefficient (Wildman–Crippen LogP) is 2.76. The molecule has 0 heterocycles. The zero-order valence-corrected chi connectivity index (χ0v) is 20.1. The third-order valence-electron chi connectivity index (χ3n) is 5.60. The van der Waals surface area contributed by atoms with Gasteiger partial charge in [-0.25, -0.2) is 8.42 Å². The summed E-state index contributed by atoms with van der Waals surface area (Å²) in [6.45, 7) is 3.00. The highest BCUT2D eigenvalue weighted by Gasteiger charge is 2.23. The van der Waals surface area contributed by atoms with Crippen LogP contribution in [0.4, 0.5) is 11.4 Å². The van der Waals surface area contributed by atoms with E-state index in [2.05, 4.69) is 20.7 Å². The van der Waals surface area contributed by atoms with Crippen molar-refractivity contribution in [2.45, 2.75) is 57.0 Å². The van der Waals surface area contributed by atoms with Crippen LogP contribution in [0.3, 0.4) is 0 Å². The Labute approximate surface area is 199 Å². The Kier molecular flexibility index (Phi) is 8.41. The van der Waals surface area contributed by atoms with E-state index < -0.39 is 22.0 Å². The van der Waals surface area contributed by atoms with E-state index in [4.69, 9.17) is 0 Å². The highest BCUT2D eigenvalue weighted by molar-refractivity contribution is 7.89. The van der Waals surface area contributed by atoms with Gasteiger partial charge in [-0.15, -0.1) is 0 Å². The van der Waals surface area contributed by atoms with Gasteiger partial charge in [0.1, 0.15) is 0 Å². The van der Waals surface area contributed by atoms with Gasteiger partial charge in [0.15, 0.2) is 0 Å². The van der Waals surface area contributed by atoms with Crippen molar-refractivity contribution in [3.8, 4) is 0 Å². The van der Waals surface area contributed by atoms with Crippen LogP contribution in [0.25, 0.3) is 0 Å². The zero-order valence-electron chi connectivity index (χ0n) is 19.3. The van der Waals surface area contributed by atoms with Crippen LogP contribution >= 0.6 is 0 Å². The number of sulfonamides is 1. The van der Waals surface area contributed by atoms with Crippen molar-refractivity contribution in [2.75, 3.05) is 10.6 Å². The summed E-state index contributed by atoms with van der Waals surface area (Å²) >= 11 is 0. The number of nitrogens with one attached hydrogen (secondary N) is 4. The number of amides is 3. The first kappa shape index (κ1) is 25.4. The monoisotopic (exact) mass is 486 g/mol. The van der Waals surface area contributed by atoms with Crippen molar-refractivity contribution in [1.82, 2.24) is 10.0 Å². The molecule has 0 aliphatic heterocycles. The molecule has 0 spiro atoms. The van der Waals surface area contributed by atoms with E-state index in [1.165, 1.54) is 38.1 Å². The quantitative estimate of drug-likeness (QED) is 0.433. The van der Waals surface area contributed by atoms with Crippen LogP contribution in [0.2, 0.25) is 0 Å². The number of hydrogen-bond acceptors (Lipinski definition) is 5. The van der Waals surface area contributed by atoms with Gasteiger partial charge in [-0.3, -0.25) is 14.4 Å². The standard InChI is InChI=1S/C24H30N4O5S/c1-16(28-34(32,33)22-12-10-20(11-13-22)26-17(2)29)23(30)25-15-18-6-5-9-21(14-18)27-24(31)19-7-3-4-8-19/h5-6,9-14,16,19,28H,3-4,7-8,15H2,1-2H3,(H,25,30)(H,26,29)(H,27,31)/t16-/m0/s1. The molecule has 1 fully saturated rings. The Morgan fingerprint density at radius 3 is 2.29 bits per heavy atom. The lowest BCUT2D eigenvalue weighted by Crippen LogP contribution is -2.44. The number of carbonyl (C=O) groups is 3. The molecule has 1 aliphatic rings. The number of hydrogen-bond donors (Lipinski definition) is 4. The molecule has 0 aromatic heterocycles. The Morgan fingerprint density at radius 2 is 1.65 bits per heavy atom. The van der Waals surface area contributed by atoms with Gasteiger partial charge in [-0.05, 0) is 61.7 Å². The lowest BCUT2D eigenvalue weighted by atomic mass is 10.1. The molecule has 4 N–H and O–H groups in total. The predicted molar refractivity (Wildman–Crippen MR) is 129 cm³/mol. The molecule has 2 aromatic rings. The molecule has 0 unspecified atom stereocenters. The van der Waals surface area contributed by atoms with Gasteiger partial charge < -0.3 is 16.0 Å². The molecule has 1 atom stereocenters. The minimum Gasteiger partial charge on any atom is -0.351 e. The van der Waals surface area contributed by atoms with Crippen LogP contribution in [0.15, 0.2) is 53.4 Å². The number of anilines is 2. The van der Waals surface area contributed by atoms with Gasteiger partial charge >= 0.3 is 0 Å². The van der Waals surface area contributed by atoms with Crippen LogP contribution in [0, 0.1) is 5.92 Å². The fraction of sp³-hybridized carbons (Fsp3) is 0.375. The summed E-state index contributed by atoms with van der Waals surface area (Å²) in [4.78, 5) is 35.9. The SMILES string of the molecule is CC(=O)Nc1ccc(S(=O)(=O)N[C@@H](C)C(=O)NCc2cccc(NC(=O)C3CCCC3)c2)cc1. The molecule has 1 saturated carbocycles. The van der Waals surface area contributed by atoms with Gasteiger partial charge in [-0.2, -0.15) is 4.72 Å². The first-order valence-electron chi connectivity index (χ1n) is 11.2. The number of carbonyl (C=O) groups excluding carboxylic acids is 3. The van der Waals surface area contributed by atoms with E-state index >= 15 is 0 Å². The highest BCUT2D eigenvalue weighted by atomic mass is 32.2. The minimum atomic E-state index is -3.93. The average Bonchev–Trinajstić information content (AvgIpc) is 3.32. The average molecular weight is 487 g/mol. The highest BCUT2D eigenvalue weighted by Crippen LogP contribution is 2.26. The third-order valence-corrected chi connectivity index (χ3v) is 7.15. The van der Waals surface area contributed by atoms with Crippen LogP contribution in [-0.2, 0) is 31.0 Å². The van der Waals surface area contributed by atoms with Crippen molar-refractivity contribution in [3.05, 3.63) is 54.1 Å². The Bertz CT molecular complexity index is 1140. The van der Waals surface area contributed by atoms with E-state index in [0.29, 0.717) is 11.4 Å². The maximum absolute atomic E-state index is 12.6. The van der Waals surface area contributed by atoms with Gasteiger partial charge in [0.2, 0.25) is 27.7 Å². The largest absolute Gasteiger partial charge is 0.351 e. The zero-order chi connectivity index (χ0) is 24.7. The molecular formula is C24H30N4O5S. The molecule has 9 nitrogen and oxygen atoms in total. The first-order chi connectivity index (χ1) is 16.1. The van der Waals surface area contributed by atoms with Crippen molar-refractivity contribution in [2.24, 2.45) is 5.92 Å². The first-order valence-corrected chi connectivity index (χ1v) is 12.7. The van der Waals surface area contributed by atoms with Crippen molar-refractivity contribution in [3.63, 3.8) is 0 Å². The van der Waals surface area contributed by atoms with E-state index in [0.717, 1.165) is 31.2 Å². The van der Waals surface area contributed by atoms with Crippen LogP contribution < -0.4 is 20.7 Å². The normalized spacial score (nSPS) is 14.9. The molecule has 0 bridgehead atoms. The van der Waals surface area contributed by atoms with Crippen molar-refractivity contribution in [1.29, 1.82) is 0 Å². The smallest absolute Gasteiger partial charge is 0.241 e. The second-order valence-corrected chi connectivity index (χ2v) is 10.2. The third kappa shape index (κ3) is 7.13. The fourth-order valence-electron chi connectivity index (χ4n) is 3.81. The number of rotatable bonds is 9. The summed E-state index contributed by atoms with van der Waals surface area (Å²) < 4.78 is 27.5. The summed E-state index contributed by atoms with van der Waals surface area (Å²) in [7, 11) is -3.93. The molecule has 1 aliphatic carbocycles. The fourth-order valence-corrected chi connectivity index (χ4v) is 5.01. The molecule has 3 amide bonds. The molecule has 10 heteroatoms. The summed E-state index contributed by atoms with van der Waals surface area (Å²) in [5.74, 6) is -0.676. The molecule has 0 radical (unpaired) electrons. The van der Waals surface area contributed by atoms with Gasteiger partial charge in [0.05, 0.1) is 10.9 Å². The Morgan fingerprint density at radius 1 is 0.971 bits per heavy atom. The minimum absolute atomic E-state index is 0.0202. The van der Waals surface area contributed by atoms with Gasteiger partial charge in [-0.1, -0.05) is 25.0 Å². The van der Waals surface area contributed by atoms with Crippen LogP contribution in [-0.4, -0.2) is 32.2 Å². The van der Waals surface area contributed by atoms with E-state index in [1.807, 2.05) is 6.07 Å². The maximum Gasteiger partial charge on any atom is 0.241 e. The molecule has 182 valence electrons. The topological polar surface area (TPSA) is 133 Å². The Hall–Kier alpha value is -3.24. The van der Waals surface area contributed by atoms with E-state index in [-0.39, 0.29) is 29.2 Å². The van der Waals surface area contributed by atoms with Crippen LogP contribution in [0.5, 0.6) is 0 Å². The van der Waals surface area contributed by atoms with Gasteiger partial charge in [0.25, 0.3) is 0 Å². The summed E-state index contributed by atoms with van der Waals surface area (Å²) in [6.07, 6.45) is 3.98. The van der Waals surface area contributed by atoms with E-state index in [9.17, 15) is 22.8 Å². The summed E-state index contributed by atoms with van der Waals surface area (Å²) in [5, 5.41) is 8.21. The molecule has 2 aromatic carbocycles. The van der Waals surface area contributed by atoms with E-state index in [1.54, 1.807) is 18.2 Å². The molecule has 0 saturated heterocycles. The second kappa shape index (κ2) is 11.3. The van der Waals surface area contributed by atoms with Gasteiger partial charge in [0, 0.05) is 30.8 Å². The lowest BCUT2D eigenvalue weighted by Gasteiger charge is -2.15. The molecular weight excluding hydrogens is 456 g/mol. The molecule has 34 heavy (non-hydrogen) atoms. The number of benzene rings is 2. The van der Waals surface area contributed by atoms with Crippen LogP contribution in [0.1, 0.15) is 45.1 Å². The van der Waals surface area contributed by atoms with Crippen molar-refractivity contribution < 1.29 is 22.8 Å². The summed E-state index contributed by atoms with van der Waals surface area (Å²) in [6, 6.07) is 11.8. The summed E-state index contributed by atoms with van der Waals surface area (Å²) in [5.41, 5.74) is 1.92. The van der Waals surface area contributed by atoms with Crippen molar-refractivity contribution >= 4 is 39.1 Å². The molecule has 3 rings (SSSR count). The Balaban J connectivity index is 1.53. The maximum atomic E-state index is 12.6.